The largest absolute Gasteiger partial charge is 0.490 e. The van der Waals surface area contributed by atoms with Crippen LogP contribution < -0.4 is 5.32 Å². The minimum atomic E-state index is -5.08. The summed E-state index contributed by atoms with van der Waals surface area (Å²) in [5.41, 5.74) is 4.14. The number of likely N-dealkylation sites (N-methyl/N-ethyl adjacent to an activating group) is 1. The van der Waals surface area contributed by atoms with Gasteiger partial charge in [0.2, 0.25) is 5.78 Å². The molecule has 3 aliphatic rings. The van der Waals surface area contributed by atoms with Gasteiger partial charge in [-0.3, -0.25) is 9.69 Å². The second-order valence-electron chi connectivity index (χ2n) is 7.47. The van der Waals surface area contributed by atoms with Crippen LogP contribution in [0.25, 0.3) is 0 Å². The highest BCUT2D eigenvalue weighted by Gasteiger charge is 2.38. The van der Waals surface area contributed by atoms with Crippen LogP contribution in [0, 0.1) is 0 Å². The van der Waals surface area contributed by atoms with Crippen molar-refractivity contribution in [3.8, 4) is 0 Å². The number of aromatic amines is 1. The predicted molar refractivity (Wildman–Crippen MR) is 96.0 cm³/mol. The molecule has 1 fully saturated rings. The van der Waals surface area contributed by atoms with Crippen molar-refractivity contribution in [1.29, 1.82) is 0 Å². The molecule has 3 N–H and O–H groups in total. The molecule has 0 saturated heterocycles. The van der Waals surface area contributed by atoms with E-state index in [0.717, 1.165) is 24.4 Å². The topological polar surface area (TPSA) is 85.4 Å². The van der Waals surface area contributed by atoms with Crippen LogP contribution in [0.2, 0.25) is 0 Å². The quantitative estimate of drug-likeness (QED) is 0.711. The fraction of sp³-hybridized carbons (Fsp3) is 0.579. The van der Waals surface area contributed by atoms with Crippen molar-refractivity contribution in [1.82, 2.24) is 15.2 Å². The van der Waals surface area contributed by atoms with Crippen LogP contribution in [0.5, 0.6) is 0 Å². The Hall–Kier alpha value is -2.29. The van der Waals surface area contributed by atoms with Crippen LogP contribution in [0.15, 0.2) is 18.0 Å². The first-order valence-corrected chi connectivity index (χ1v) is 9.42. The molecule has 0 radical (unpaired) electrons. The highest BCUT2D eigenvalue weighted by atomic mass is 19.4. The van der Waals surface area contributed by atoms with Gasteiger partial charge in [-0.25, -0.2) is 4.79 Å². The highest BCUT2D eigenvalue weighted by Crippen LogP contribution is 2.37. The highest BCUT2D eigenvalue weighted by molar-refractivity contribution is 6.09. The Balaban J connectivity index is 0.000000279. The Morgan fingerprint density at radius 2 is 1.93 bits per heavy atom. The molecular weight excluding hydrogens is 375 g/mol. The fourth-order valence-electron chi connectivity index (χ4n) is 4.02. The van der Waals surface area contributed by atoms with Gasteiger partial charge in [0.05, 0.1) is 17.4 Å². The van der Waals surface area contributed by atoms with Crippen molar-refractivity contribution in [3.05, 3.63) is 34.8 Å². The zero-order valence-electron chi connectivity index (χ0n) is 15.6. The van der Waals surface area contributed by atoms with Gasteiger partial charge in [-0.1, -0.05) is 19.3 Å². The number of nitrogens with one attached hydrogen (secondary N) is 2. The van der Waals surface area contributed by atoms with Crippen LogP contribution in [0.4, 0.5) is 13.2 Å². The van der Waals surface area contributed by atoms with E-state index in [0.29, 0.717) is 6.04 Å². The van der Waals surface area contributed by atoms with Crippen LogP contribution in [-0.2, 0) is 11.2 Å². The van der Waals surface area contributed by atoms with E-state index in [1.54, 1.807) is 0 Å². The van der Waals surface area contributed by atoms with Crippen molar-refractivity contribution in [2.75, 3.05) is 13.6 Å². The van der Waals surface area contributed by atoms with E-state index in [4.69, 9.17) is 9.90 Å². The summed E-state index contributed by atoms with van der Waals surface area (Å²) >= 11 is 0. The number of hydrogen-bond acceptors (Lipinski definition) is 4. The standard InChI is InChI=1S/C17H23N3O.C2HF3O2/c1-20-8-7-11-10-18-16-15(11)14(20)9-13(17(16)21)19-12-5-3-2-4-6-12;3-2(4,5)1(6)7/h9-10,12,14,18-19H,2-8H2,1H3;(H,6,7). The van der Waals surface area contributed by atoms with Gasteiger partial charge in [0, 0.05) is 24.3 Å². The first kappa shape index (κ1) is 20.4. The number of ketones is 1. The van der Waals surface area contributed by atoms with Crippen LogP contribution in [-0.4, -0.2) is 52.6 Å². The summed E-state index contributed by atoms with van der Waals surface area (Å²) in [6, 6.07) is 0.720. The molecule has 1 aromatic heterocycles. The fourth-order valence-corrected chi connectivity index (χ4v) is 4.02. The van der Waals surface area contributed by atoms with Gasteiger partial charge in [0.15, 0.2) is 0 Å². The number of carboxylic acids is 1. The molecule has 1 aliphatic heterocycles. The maximum Gasteiger partial charge on any atom is 0.490 e. The number of allylic oxidation sites excluding steroid dienone is 1. The number of carbonyl (C=O) groups is 2. The van der Waals surface area contributed by atoms with Crippen molar-refractivity contribution >= 4 is 11.8 Å². The lowest BCUT2D eigenvalue weighted by Crippen LogP contribution is -2.39. The Morgan fingerprint density at radius 1 is 1.29 bits per heavy atom. The van der Waals surface area contributed by atoms with Crippen LogP contribution in [0.1, 0.15) is 59.8 Å². The van der Waals surface area contributed by atoms with Crippen molar-refractivity contribution < 1.29 is 27.9 Å². The number of nitrogens with zero attached hydrogens (tertiary/aromatic N) is 1. The third kappa shape index (κ3) is 4.24. The van der Waals surface area contributed by atoms with E-state index in [2.05, 4.69) is 28.3 Å². The van der Waals surface area contributed by atoms with E-state index in [-0.39, 0.29) is 11.8 Å². The Morgan fingerprint density at radius 3 is 2.54 bits per heavy atom. The number of alkyl halides is 3. The lowest BCUT2D eigenvalue weighted by Gasteiger charge is -2.35. The molecule has 1 atom stereocenters. The second-order valence-corrected chi connectivity index (χ2v) is 7.47. The molecule has 1 unspecified atom stereocenters. The average Bonchev–Trinajstić information content (AvgIpc) is 3.07. The molecule has 6 nitrogen and oxygen atoms in total. The summed E-state index contributed by atoms with van der Waals surface area (Å²) < 4.78 is 31.7. The molecule has 0 amide bonds. The van der Waals surface area contributed by atoms with Crippen molar-refractivity contribution in [3.63, 3.8) is 0 Å². The average molecular weight is 399 g/mol. The summed E-state index contributed by atoms with van der Waals surface area (Å²) in [6.45, 7) is 1.05. The van der Waals surface area contributed by atoms with E-state index in [1.165, 1.54) is 43.2 Å². The number of carboxylic acid groups (broad SMARTS) is 1. The van der Waals surface area contributed by atoms with Crippen LogP contribution >= 0.6 is 0 Å². The number of hydrogen-bond donors (Lipinski definition) is 3. The molecule has 1 aromatic rings. The number of aliphatic carboxylic acids is 1. The van der Waals surface area contributed by atoms with Gasteiger partial charge >= 0.3 is 12.1 Å². The van der Waals surface area contributed by atoms with E-state index in [1.807, 2.05) is 6.20 Å². The number of H-pyrrole nitrogens is 1. The smallest absolute Gasteiger partial charge is 0.475 e. The molecule has 0 bridgehead atoms. The maximum atomic E-state index is 12.7. The summed E-state index contributed by atoms with van der Waals surface area (Å²) in [7, 11) is 2.15. The number of rotatable bonds is 2. The molecule has 9 heteroatoms. The molecule has 1 saturated carbocycles. The van der Waals surface area contributed by atoms with Crippen LogP contribution in [0.3, 0.4) is 0 Å². The van der Waals surface area contributed by atoms with Crippen molar-refractivity contribution in [2.45, 2.75) is 56.8 Å². The van der Waals surface area contributed by atoms with Gasteiger partial charge in [-0.15, -0.1) is 0 Å². The predicted octanol–water partition coefficient (Wildman–Crippen LogP) is 3.18. The van der Waals surface area contributed by atoms with Gasteiger partial charge in [0.1, 0.15) is 0 Å². The molecular formula is C19H24F3N3O3. The normalized spacial score (nSPS) is 22.6. The minimum Gasteiger partial charge on any atom is -0.475 e. The molecule has 28 heavy (non-hydrogen) atoms. The second kappa shape index (κ2) is 7.98. The van der Waals surface area contributed by atoms with Crippen molar-refractivity contribution in [2.24, 2.45) is 0 Å². The molecule has 2 aliphatic carbocycles. The SMILES string of the molecule is CN1CCc2c[nH]c3c2C1C=C(NC1CCCCC1)C3=O.O=C(O)C(F)(F)F. The summed E-state index contributed by atoms with van der Waals surface area (Å²) in [5.74, 6) is -2.61. The van der Waals surface area contributed by atoms with Gasteiger partial charge in [-0.2, -0.15) is 13.2 Å². The third-order valence-corrected chi connectivity index (χ3v) is 5.51. The summed E-state index contributed by atoms with van der Waals surface area (Å²) in [5, 5.41) is 10.7. The lowest BCUT2D eigenvalue weighted by molar-refractivity contribution is -0.192. The zero-order valence-corrected chi connectivity index (χ0v) is 15.6. The Labute approximate surface area is 160 Å². The van der Waals surface area contributed by atoms with E-state index < -0.39 is 12.1 Å². The first-order chi connectivity index (χ1) is 13.2. The van der Waals surface area contributed by atoms with Gasteiger partial charge in [-0.05, 0) is 37.9 Å². The van der Waals surface area contributed by atoms with Gasteiger partial charge < -0.3 is 15.4 Å². The zero-order chi connectivity index (χ0) is 20.5. The lowest BCUT2D eigenvalue weighted by atomic mass is 9.87. The summed E-state index contributed by atoms with van der Waals surface area (Å²) in [6.07, 6.45) is 6.39. The van der Waals surface area contributed by atoms with E-state index in [9.17, 15) is 18.0 Å². The molecule has 154 valence electrons. The van der Waals surface area contributed by atoms with E-state index >= 15 is 0 Å². The monoisotopic (exact) mass is 399 g/mol. The molecule has 0 spiro atoms. The number of carbonyl (C=O) groups excluding carboxylic acids is 1. The number of Topliss-reactive ketones (excluding diaryl/α,β-unsaturated/α-hetero) is 1. The molecule has 2 heterocycles. The summed E-state index contributed by atoms with van der Waals surface area (Å²) in [4.78, 5) is 27.2. The first-order valence-electron chi connectivity index (χ1n) is 9.42. The van der Waals surface area contributed by atoms with Gasteiger partial charge in [0.25, 0.3) is 0 Å². The Bertz CT molecular complexity index is 779. The number of aromatic nitrogens is 1. The minimum absolute atomic E-state index is 0.147. The maximum absolute atomic E-state index is 12.7. The molecule has 4 rings (SSSR count). The third-order valence-electron chi connectivity index (χ3n) is 5.51. The Kier molecular flexibility index (Phi) is 5.83. The number of halogens is 3. The molecule has 0 aromatic carbocycles.